The molecular formula is C25H23F2N5O4. The van der Waals surface area contributed by atoms with Gasteiger partial charge in [0.25, 0.3) is 11.5 Å². The molecule has 186 valence electrons. The molecule has 1 fully saturated rings. The van der Waals surface area contributed by atoms with Gasteiger partial charge in [0.1, 0.15) is 11.6 Å². The van der Waals surface area contributed by atoms with E-state index < -0.39 is 29.4 Å². The second kappa shape index (κ2) is 9.14. The summed E-state index contributed by atoms with van der Waals surface area (Å²) in [5, 5.41) is 8.74. The molecule has 5 rings (SSSR count). The maximum Gasteiger partial charge on any atom is 0.309 e. The lowest BCUT2D eigenvalue weighted by molar-refractivity contribution is -0.151. The second-order valence-corrected chi connectivity index (χ2v) is 8.93. The first-order valence-corrected chi connectivity index (χ1v) is 11.5. The standard InChI is InChI=1S/C25H23F2N5O4/c1-14-3-6-20-18(11-14)22(33)30(2)25-29-28-21(32(20)25)13-36-24(35)15-7-9-31(10-8-15)23(34)17-5-4-16(26)12-19(17)27/h3-6,11-12,15H,7-10,13H2,1-2H3. The number of benzene rings is 2. The number of ether oxygens (including phenoxy) is 1. The zero-order chi connectivity index (χ0) is 25.6. The number of esters is 1. The van der Waals surface area contributed by atoms with E-state index in [1.54, 1.807) is 17.5 Å². The van der Waals surface area contributed by atoms with Gasteiger partial charge >= 0.3 is 5.97 Å². The van der Waals surface area contributed by atoms with Crippen LogP contribution in [0.25, 0.3) is 16.7 Å². The maximum absolute atomic E-state index is 14.0. The Labute approximate surface area is 203 Å². The predicted molar refractivity (Wildman–Crippen MR) is 125 cm³/mol. The molecule has 0 atom stereocenters. The average Bonchev–Trinajstić information content (AvgIpc) is 3.29. The largest absolute Gasteiger partial charge is 0.457 e. The molecule has 0 radical (unpaired) electrons. The minimum absolute atomic E-state index is 0.138. The fourth-order valence-corrected chi connectivity index (χ4v) is 4.56. The van der Waals surface area contributed by atoms with E-state index in [4.69, 9.17) is 4.74 Å². The van der Waals surface area contributed by atoms with Gasteiger partial charge in [0.15, 0.2) is 12.4 Å². The molecule has 2 aromatic carbocycles. The van der Waals surface area contributed by atoms with Crippen LogP contribution < -0.4 is 5.56 Å². The number of nitrogens with zero attached hydrogens (tertiary/aromatic N) is 5. The van der Waals surface area contributed by atoms with Crippen molar-refractivity contribution in [1.82, 2.24) is 24.1 Å². The Bertz CT molecular complexity index is 1570. The molecule has 1 aliphatic rings. The fourth-order valence-electron chi connectivity index (χ4n) is 4.56. The van der Waals surface area contributed by atoms with E-state index in [-0.39, 0.29) is 30.8 Å². The Morgan fingerprint density at radius 2 is 1.83 bits per heavy atom. The van der Waals surface area contributed by atoms with Crippen LogP contribution in [-0.2, 0) is 23.2 Å². The van der Waals surface area contributed by atoms with E-state index in [0.29, 0.717) is 41.4 Å². The number of amides is 1. The number of rotatable bonds is 4. The number of likely N-dealkylation sites (tertiary alicyclic amines) is 1. The highest BCUT2D eigenvalue weighted by Gasteiger charge is 2.30. The monoisotopic (exact) mass is 495 g/mol. The summed E-state index contributed by atoms with van der Waals surface area (Å²) in [5.41, 5.74) is 1.16. The average molecular weight is 495 g/mol. The topological polar surface area (TPSA) is 98.8 Å². The molecule has 0 N–H and O–H groups in total. The molecular weight excluding hydrogens is 472 g/mol. The van der Waals surface area contributed by atoms with E-state index in [2.05, 4.69) is 10.2 Å². The summed E-state index contributed by atoms with van der Waals surface area (Å²) in [6, 6.07) is 8.32. The number of halogens is 2. The molecule has 0 saturated carbocycles. The number of carbonyl (C=O) groups excluding carboxylic acids is 2. The molecule has 0 bridgehead atoms. The van der Waals surface area contributed by atoms with Crippen molar-refractivity contribution in [3.8, 4) is 0 Å². The molecule has 0 aliphatic carbocycles. The summed E-state index contributed by atoms with van der Waals surface area (Å²) in [4.78, 5) is 39.5. The number of fused-ring (bicyclic) bond motifs is 3. The van der Waals surface area contributed by atoms with Crippen molar-refractivity contribution in [2.45, 2.75) is 26.4 Å². The van der Waals surface area contributed by atoms with Crippen molar-refractivity contribution in [2.24, 2.45) is 13.0 Å². The molecule has 2 aromatic heterocycles. The molecule has 11 heteroatoms. The zero-order valence-corrected chi connectivity index (χ0v) is 19.7. The summed E-state index contributed by atoms with van der Waals surface area (Å²) in [6.45, 7) is 2.25. The number of hydrogen-bond acceptors (Lipinski definition) is 6. The summed E-state index contributed by atoms with van der Waals surface area (Å²) in [5.74, 6) is -2.36. The second-order valence-electron chi connectivity index (χ2n) is 8.93. The van der Waals surface area contributed by atoms with Gasteiger partial charge in [-0.25, -0.2) is 8.78 Å². The third-order valence-corrected chi connectivity index (χ3v) is 6.56. The quantitative estimate of drug-likeness (QED) is 0.404. The number of carbonyl (C=O) groups is 2. The SMILES string of the molecule is Cc1ccc2c(c1)c(=O)n(C)c1nnc(COC(=O)C3CCN(C(=O)c4ccc(F)cc4F)CC3)n21. The van der Waals surface area contributed by atoms with Crippen LogP contribution >= 0.6 is 0 Å². The fraction of sp³-hybridized carbons (Fsp3) is 0.320. The number of aromatic nitrogens is 4. The van der Waals surface area contributed by atoms with Crippen molar-refractivity contribution < 1.29 is 23.1 Å². The Hall–Kier alpha value is -4.15. The van der Waals surface area contributed by atoms with Crippen LogP contribution in [0, 0.1) is 24.5 Å². The van der Waals surface area contributed by atoms with Crippen LogP contribution in [0.3, 0.4) is 0 Å². The van der Waals surface area contributed by atoms with Crippen LogP contribution in [0.5, 0.6) is 0 Å². The van der Waals surface area contributed by atoms with Crippen LogP contribution in [0.4, 0.5) is 8.78 Å². The third-order valence-electron chi connectivity index (χ3n) is 6.56. The molecule has 1 aliphatic heterocycles. The van der Waals surface area contributed by atoms with Crippen molar-refractivity contribution in [2.75, 3.05) is 13.1 Å². The Morgan fingerprint density at radius 3 is 2.56 bits per heavy atom. The molecule has 9 nitrogen and oxygen atoms in total. The summed E-state index contributed by atoms with van der Waals surface area (Å²) >= 11 is 0. The predicted octanol–water partition coefficient (Wildman–Crippen LogP) is 2.76. The van der Waals surface area contributed by atoms with Gasteiger partial charge in [-0.3, -0.25) is 23.4 Å². The van der Waals surface area contributed by atoms with Gasteiger partial charge in [-0.2, -0.15) is 0 Å². The Morgan fingerprint density at radius 1 is 1.08 bits per heavy atom. The lowest BCUT2D eigenvalue weighted by atomic mass is 9.96. The van der Waals surface area contributed by atoms with Gasteiger partial charge in [-0.15, -0.1) is 10.2 Å². The minimum atomic E-state index is -0.915. The molecule has 3 heterocycles. The van der Waals surface area contributed by atoms with Crippen LogP contribution in [0.1, 0.15) is 34.6 Å². The molecule has 1 saturated heterocycles. The van der Waals surface area contributed by atoms with E-state index in [1.165, 1.54) is 9.47 Å². The van der Waals surface area contributed by atoms with E-state index in [1.807, 2.05) is 19.1 Å². The van der Waals surface area contributed by atoms with E-state index in [0.717, 1.165) is 17.7 Å². The lowest BCUT2D eigenvalue weighted by Crippen LogP contribution is -2.41. The highest BCUT2D eigenvalue weighted by atomic mass is 19.1. The first-order chi connectivity index (χ1) is 17.2. The normalized spacial score (nSPS) is 14.5. The molecule has 36 heavy (non-hydrogen) atoms. The highest BCUT2D eigenvalue weighted by Crippen LogP contribution is 2.23. The third kappa shape index (κ3) is 4.10. The van der Waals surface area contributed by atoms with Gasteiger partial charge in [0.05, 0.1) is 22.4 Å². The van der Waals surface area contributed by atoms with Crippen molar-refractivity contribution in [1.29, 1.82) is 0 Å². The van der Waals surface area contributed by atoms with Crippen LogP contribution in [-0.4, -0.2) is 49.0 Å². The zero-order valence-electron chi connectivity index (χ0n) is 19.7. The number of piperidine rings is 1. The van der Waals surface area contributed by atoms with Gasteiger partial charge in [-0.1, -0.05) is 11.6 Å². The molecule has 0 unspecified atom stereocenters. The highest BCUT2D eigenvalue weighted by molar-refractivity contribution is 5.94. The number of hydrogen-bond donors (Lipinski definition) is 0. The van der Waals surface area contributed by atoms with E-state index in [9.17, 15) is 23.2 Å². The van der Waals surface area contributed by atoms with Gasteiger partial charge < -0.3 is 9.64 Å². The smallest absolute Gasteiger partial charge is 0.309 e. The minimum Gasteiger partial charge on any atom is -0.457 e. The van der Waals surface area contributed by atoms with Crippen molar-refractivity contribution in [3.63, 3.8) is 0 Å². The number of aryl methyl sites for hydroxylation is 2. The first-order valence-electron chi connectivity index (χ1n) is 11.5. The van der Waals surface area contributed by atoms with Crippen LogP contribution in [0.15, 0.2) is 41.2 Å². The van der Waals surface area contributed by atoms with Crippen molar-refractivity contribution >= 4 is 28.6 Å². The van der Waals surface area contributed by atoms with Crippen molar-refractivity contribution in [3.05, 3.63) is 75.3 Å². The maximum atomic E-state index is 14.0. The van der Waals surface area contributed by atoms with Crippen LogP contribution in [0.2, 0.25) is 0 Å². The van der Waals surface area contributed by atoms with E-state index >= 15 is 0 Å². The van der Waals surface area contributed by atoms with Gasteiger partial charge in [0, 0.05) is 26.2 Å². The Kier molecular flexibility index (Phi) is 5.99. The van der Waals surface area contributed by atoms with Gasteiger partial charge in [-0.05, 0) is 44.0 Å². The summed E-state index contributed by atoms with van der Waals surface area (Å²) < 4.78 is 35.8. The molecule has 0 spiro atoms. The summed E-state index contributed by atoms with van der Waals surface area (Å²) in [7, 11) is 1.61. The summed E-state index contributed by atoms with van der Waals surface area (Å²) in [6.07, 6.45) is 0.704. The lowest BCUT2D eigenvalue weighted by Gasteiger charge is -2.31. The molecule has 1 amide bonds. The first kappa shape index (κ1) is 23.6. The molecule has 4 aromatic rings. The van der Waals surface area contributed by atoms with Gasteiger partial charge in [0.2, 0.25) is 5.78 Å². The Balaban J connectivity index is 1.27.